The fourth-order valence-corrected chi connectivity index (χ4v) is 3.48. The Hall–Kier alpha value is -1.37. The van der Waals surface area contributed by atoms with Crippen LogP contribution in [0.25, 0.3) is 11.0 Å². The number of hydrogen-bond acceptors (Lipinski definition) is 5. The van der Waals surface area contributed by atoms with Gasteiger partial charge in [0.05, 0.1) is 16.1 Å². The zero-order chi connectivity index (χ0) is 16.0. The van der Waals surface area contributed by atoms with Crippen molar-refractivity contribution in [3.05, 3.63) is 16.3 Å². The fraction of sp³-hybridized carbons (Fsp3) is 0.600. The van der Waals surface area contributed by atoms with Crippen LogP contribution in [0.2, 0.25) is 5.02 Å². The van der Waals surface area contributed by atoms with Gasteiger partial charge in [-0.2, -0.15) is 5.10 Å². The second-order valence-corrected chi connectivity index (χ2v) is 6.11. The zero-order valence-electron chi connectivity index (χ0n) is 13.6. The standard InChI is InChI=1S/C15H21ClN4O2/c1-8-13(16)12-9(2)18-19(3)15(12)17-14(8)20-6-10(21-4)11(7-20)22-5/h10-11H,6-7H2,1-5H3/t10-,11+. The van der Waals surface area contributed by atoms with Crippen molar-refractivity contribution in [2.45, 2.75) is 26.1 Å². The van der Waals surface area contributed by atoms with Crippen LogP contribution < -0.4 is 4.90 Å². The molecular weight excluding hydrogens is 304 g/mol. The molecule has 0 spiro atoms. The first-order valence-electron chi connectivity index (χ1n) is 7.27. The summed E-state index contributed by atoms with van der Waals surface area (Å²) in [5, 5.41) is 6.07. The van der Waals surface area contributed by atoms with Crippen molar-refractivity contribution in [3.63, 3.8) is 0 Å². The molecule has 0 aromatic carbocycles. The molecular formula is C15H21ClN4O2. The molecule has 0 radical (unpaired) electrons. The summed E-state index contributed by atoms with van der Waals surface area (Å²) in [5.74, 6) is 0.877. The Morgan fingerprint density at radius 3 is 2.27 bits per heavy atom. The molecule has 3 rings (SSSR count). The molecule has 0 amide bonds. The van der Waals surface area contributed by atoms with E-state index in [0.29, 0.717) is 0 Å². The predicted octanol–water partition coefficient (Wildman–Crippen LogP) is 2.09. The number of hydrogen-bond donors (Lipinski definition) is 0. The van der Waals surface area contributed by atoms with Gasteiger partial charge in [-0.05, 0) is 13.8 Å². The van der Waals surface area contributed by atoms with E-state index < -0.39 is 0 Å². The van der Waals surface area contributed by atoms with Gasteiger partial charge < -0.3 is 14.4 Å². The molecule has 2 aromatic heterocycles. The lowest BCUT2D eigenvalue weighted by molar-refractivity contribution is -0.00461. The van der Waals surface area contributed by atoms with Gasteiger partial charge >= 0.3 is 0 Å². The Morgan fingerprint density at radius 2 is 1.73 bits per heavy atom. The second kappa shape index (κ2) is 5.68. The number of rotatable bonds is 3. The van der Waals surface area contributed by atoms with Crippen LogP contribution in [-0.2, 0) is 16.5 Å². The third kappa shape index (κ3) is 2.26. The lowest BCUT2D eigenvalue weighted by Gasteiger charge is -2.20. The minimum Gasteiger partial charge on any atom is -0.377 e. The molecule has 22 heavy (non-hydrogen) atoms. The highest BCUT2D eigenvalue weighted by Crippen LogP contribution is 2.35. The van der Waals surface area contributed by atoms with E-state index in [-0.39, 0.29) is 12.2 Å². The van der Waals surface area contributed by atoms with Crippen molar-refractivity contribution in [1.82, 2.24) is 14.8 Å². The Labute approximate surface area is 135 Å². The lowest BCUT2D eigenvalue weighted by atomic mass is 10.2. The number of aryl methyl sites for hydroxylation is 2. The quantitative estimate of drug-likeness (QED) is 0.865. The topological polar surface area (TPSA) is 52.4 Å². The van der Waals surface area contributed by atoms with Crippen LogP contribution >= 0.6 is 11.6 Å². The number of fused-ring (bicyclic) bond motifs is 1. The van der Waals surface area contributed by atoms with Crippen molar-refractivity contribution < 1.29 is 9.47 Å². The van der Waals surface area contributed by atoms with Crippen molar-refractivity contribution in [2.24, 2.45) is 7.05 Å². The molecule has 2 aromatic rings. The van der Waals surface area contributed by atoms with Gasteiger partial charge in [0.25, 0.3) is 0 Å². The number of nitrogens with zero attached hydrogens (tertiary/aromatic N) is 4. The van der Waals surface area contributed by atoms with Gasteiger partial charge in [-0.3, -0.25) is 4.68 Å². The summed E-state index contributed by atoms with van der Waals surface area (Å²) in [4.78, 5) is 6.98. The number of aromatic nitrogens is 3. The average Bonchev–Trinajstić information content (AvgIpc) is 3.03. The Bertz CT molecular complexity index is 703. The maximum Gasteiger partial charge on any atom is 0.161 e. The zero-order valence-corrected chi connectivity index (χ0v) is 14.3. The molecule has 7 heteroatoms. The molecule has 1 aliphatic heterocycles. The van der Waals surface area contributed by atoms with Gasteiger partial charge in [-0.1, -0.05) is 11.6 Å². The number of methoxy groups -OCH3 is 2. The molecule has 0 N–H and O–H groups in total. The first-order chi connectivity index (χ1) is 10.5. The highest BCUT2D eigenvalue weighted by Gasteiger charge is 2.35. The van der Waals surface area contributed by atoms with Crippen molar-refractivity contribution in [1.29, 1.82) is 0 Å². The molecule has 0 aliphatic carbocycles. The van der Waals surface area contributed by atoms with Crippen molar-refractivity contribution in [2.75, 3.05) is 32.2 Å². The summed E-state index contributed by atoms with van der Waals surface area (Å²) in [7, 11) is 5.31. The molecule has 0 bridgehead atoms. The highest BCUT2D eigenvalue weighted by molar-refractivity contribution is 6.36. The first kappa shape index (κ1) is 15.5. The minimum absolute atomic E-state index is 0.0361. The summed E-state index contributed by atoms with van der Waals surface area (Å²) in [6.07, 6.45) is 0.0721. The van der Waals surface area contributed by atoms with E-state index in [1.807, 2.05) is 20.9 Å². The molecule has 1 saturated heterocycles. The average molecular weight is 325 g/mol. The summed E-state index contributed by atoms with van der Waals surface area (Å²) in [6, 6.07) is 0. The molecule has 0 unspecified atom stereocenters. The Kier molecular flexibility index (Phi) is 4.01. The monoisotopic (exact) mass is 324 g/mol. The van der Waals surface area contributed by atoms with E-state index in [4.69, 9.17) is 26.1 Å². The molecule has 1 aliphatic rings. The lowest BCUT2D eigenvalue weighted by Crippen LogP contribution is -2.27. The predicted molar refractivity (Wildman–Crippen MR) is 86.8 cm³/mol. The third-order valence-electron chi connectivity index (χ3n) is 4.41. The van der Waals surface area contributed by atoms with Crippen LogP contribution in [0, 0.1) is 13.8 Å². The Balaban J connectivity index is 2.08. The van der Waals surface area contributed by atoms with Crippen LogP contribution in [-0.4, -0.2) is 54.3 Å². The number of halogens is 1. The molecule has 2 atom stereocenters. The molecule has 0 saturated carbocycles. The van der Waals surface area contributed by atoms with E-state index in [9.17, 15) is 0 Å². The van der Waals surface area contributed by atoms with Crippen LogP contribution in [0.4, 0.5) is 5.82 Å². The normalized spacial score (nSPS) is 22.0. The van der Waals surface area contributed by atoms with Crippen LogP contribution in [0.5, 0.6) is 0 Å². The van der Waals surface area contributed by atoms with Gasteiger partial charge in [-0.15, -0.1) is 0 Å². The van der Waals surface area contributed by atoms with Gasteiger partial charge in [0.2, 0.25) is 0 Å². The van der Waals surface area contributed by atoms with Crippen LogP contribution in [0.15, 0.2) is 0 Å². The second-order valence-electron chi connectivity index (χ2n) is 5.74. The van der Waals surface area contributed by atoms with Crippen molar-refractivity contribution in [3.8, 4) is 0 Å². The van der Waals surface area contributed by atoms with E-state index >= 15 is 0 Å². The smallest absolute Gasteiger partial charge is 0.161 e. The van der Waals surface area contributed by atoms with Crippen LogP contribution in [0.3, 0.4) is 0 Å². The maximum atomic E-state index is 6.59. The van der Waals surface area contributed by atoms with E-state index in [2.05, 4.69) is 10.00 Å². The minimum atomic E-state index is 0.0361. The number of pyridine rings is 1. The first-order valence-corrected chi connectivity index (χ1v) is 7.65. The van der Waals surface area contributed by atoms with Gasteiger partial charge in [0.15, 0.2) is 5.65 Å². The van der Waals surface area contributed by atoms with E-state index in [1.165, 1.54) is 0 Å². The molecule has 1 fully saturated rings. The number of anilines is 1. The van der Waals surface area contributed by atoms with Gasteiger partial charge in [-0.25, -0.2) is 4.98 Å². The van der Waals surface area contributed by atoms with E-state index in [0.717, 1.165) is 46.2 Å². The summed E-state index contributed by atoms with van der Waals surface area (Å²) >= 11 is 6.59. The SMILES string of the molecule is CO[C@H]1CN(c2nc3c(c(C)nn3C)c(Cl)c2C)C[C@H]1OC. The molecule has 6 nitrogen and oxygen atoms in total. The molecule has 3 heterocycles. The van der Waals surface area contributed by atoms with Gasteiger partial charge in [0.1, 0.15) is 18.0 Å². The number of ether oxygens (including phenoxy) is 2. The van der Waals surface area contributed by atoms with Crippen LogP contribution in [0.1, 0.15) is 11.3 Å². The Morgan fingerprint density at radius 1 is 1.14 bits per heavy atom. The highest BCUT2D eigenvalue weighted by atomic mass is 35.5. The van der Waals surface area contributed by atoms with Gasteiger partial charge in [0, 0.05) is 39.9 Å². The fourth-order valence-electron chi connectivity index (χ4n) is 3.18. The maximum absolute atomic E-state index is 6.59. The summed E-state index contributed by atoms with van der Waals surface area (Å²) in [6.45, 7) is 5.42. The molecule has 120 valence electrons. The van der Waals surface area contributed by atoms with Crippen molar-refractivity contribution >= 4 is 28.5 Å². The summed E-state index contributed by atoms with van der Waals surface area (Å²) in [5.41, 5.74) is 2.67. The summed E-state index contributed by atoms with van der Waals surface area (Å²) < 4.78 is 12.8. The third-order valence-corrected chi connectivity index (χ3v) is 4.88. The largest absolute Gasteiger partial charge is 0.377 e. The van der Waals surface area contributed by atoms with E-state index in [1.54, 1.807) is 18.9 Å².